The molecule has 9 aromatic rings. The van der Waals surface area contributed by atoms with Gasteiger partial charge in [0.05, 0.1) is 0 Å². The fourth-order valence-electron chi connectivity index (χ4n) is 9.12. The Morgan fingerprint density at radius 1 is 0.544 bits per heavy atom. The highest BCUT2D eigenvalue weighted by Crippen LogP contribution is 2.51. The van der Waals surface area contributed by atoms with Crippen molar-refractivity contribution in [3.63, 3.8) is 0 Å². The van der Waals surface area contributed by atoms with E-state index in [1.54, 1.807) is 0 Å². The van der Waals surface area contributed by atoms with Crippen molar-refractivity contribution < 1.29 is 4.42 Å². The predicted octanol–water partition coefficient (Wildman–Crippen LogP) is 12.9. The molecule has 2 aliphatic rings. The maximum atomic E-state index is 6.91. The highest BCUT2D eigenvalue weighted by atomic mass is 16.3. The number of para-hydroxylation sites is 1. The molecule has 1 aliphatic heterocycles. The number of benzene rings is 8. The number of hydrogen-bond acceptors (Lipinski definition) is 5. The molecule has 0 spiro atoms. The monoisotopic (exact) mass is 736 g/mol. The van der Waals surface area contributed by atoms with Crippen LogP contribution in [0.25, 0.3) is 43.8 Å². The van der Waals surface area contributed by atoms with Gasteiger partial charge in [-0.2, -0.15) is 0 Å². The number of amidine groups is 1. The van der Waals surface area contributed by atoms with E-state index in [-0.39, 0.29) is 17.7 Å². The molecule has 5 heteroatoms. The lowest BCUT2D eigenvalue weighted by molar-refractivity contribution is 0.411. The Kier molecular flexibility index (Phi) is 7.66. The fourth-order valence-corrected chi connectivity index (χ4v) is 9.12. The molecule has 2 N–H and O–H groups in total. The molecule has 11 rings (SSSR count). The minimum absolute atomic E-state index is 0.109. The van der Waals surface area contributed by atoms with Crippen molar-refractivity contribution in [2.24, 2.45) is 4.99 Å². The zero-order chi connectivity index (χ0) is 38.1. The summed E-state index contributed by atoms with van der Waals surface area (Å²) in [5.41, 5.74) is 13.5. The minimum atomic E-state index is -0.228. The van der Waals surface area contributed by atoms with Gasteiger partial charge < -0.3 is 14.6 Å². The maximum absolute atomic E-state index is 6.91. The second kappa shape index (κ2) is 13.1. The van der Waals surface area contributed by atoms with Gasteiger partial charge in [-0.25, -0.2) is 4.99 Å². The van der Waals surface area contributed by atoms with Crippen molar-refractivity contribution in [2.45, 2.75) is 31.6 Å². The zero-order valence-corrected chi connectivity index (χ0v) is 31.8. The number of fused-ring (bicyclic) bond motifs is 8. The molecule has 0 amide bonds. The first-order chi connectivity index (χ1) is 28.0. The third-order valence-corrected chi connectivity index (χ3v) is 11.9. The summed E-state index contributed by atoms with van der Waals surface area (Å²) in [6.45, 7) is 4.67. The molecule has 274 valence electrons. The van der Waals surface area contributed by atoms with Crippen molar-refractivity contribution in [3.05, 3.63) is 210 Å². The van der Waals surface area contributed by atoms with Crippen molar-refractivity contribution in [2.75, 3.05) is 4.90 Å². The molecule has 1 aliphatic carbocycles. The fraction of sp³-hybridized carbons (Fsp3) is 0.0962. The number of rotatable bonds is 6. The number of anilines is 3. The lowest BCUT2D eigenvalue weighted by Gasteiger charge is -2.32. The van der Waals surface area contributed by atoms with Gasteiger partial charge in [-0.3, -0.25) is 5.32 Å². The van der Waals surface area contributed by atoms with Gasteiger partial charge in [-0.15, -0.1) is 0 Å². The molecule has 2 atom stereocenters. The van der Waals surface area contributed by atoms with Crippen LogP contribution in [0, 0.1) is 0 Å². The first-order valence-electron chi connectivity index (χ1n) is 19.7. The van der Waals surface area contributed by atoms with Crippen LogP contribution in [0.4, 0.5) is 17.1 Å². The first kappa shape index (κ1) is 33.4. The number of hydrogen-bond donors (Lipinski definition) is 2. The molecule has 0 bridgehead atoms. The molecular formula is C52H40N4O. The summed E-state index contributed by atoms with van der Waals surface area (Å²) in [7, 11) is 0. The number of furan rings is 1. The largest absolute Gasteiger partial charge is 0.455 e. The van der Waals surface area contributed by atoms with Crippen LogP contribution in [0.5, 0.6) is 0 Å². The number of nitrogens with zero attached hydrogens (tertiary/aromatic N) is 2. The van der Waals surface area contributed by atoms with E-state index in [1.807, 2.05) is 12.1 Å². The molecule has 0 fully saturated rings. The summed E-state index contributed by atoms with van der Waals surface area (Å²) in [5.74, 6) is 0.860. The molecule has 2 heterocycles. The minimum Gasteiger partial charge on any atom is -0.455 e. The van der Waals surface area contributed by atoms with Gasteiger partial charge in [-0.1, -0.05) is 147 Å². The standard InChI is InChI=1S/C52H40N4O/c1-52(2)45-25-15-14-23-39(45)40-28-26-36(30-46(40)52)56(35-20-10-5-11-21-35)37-27-29-41-43-32-44(38-22-12-13-24-42(38)48(43)57-47(41)31-37)51-54-49(33-16-6-3-7-17-33)53-50(55-51)34-18-8-4-9-19-34/h3-32,49,51,54H,1-2H3,(H,53,55). The topological polar surface area (TPSA) is 52.8 Å². The molecule has 0 radical (unpaired) electrons. The van der Waals surface area contributed by atoms with Crippen LogP contribution in [0.3, 0.4) is 0 Å². The van der Waals surface area contributed by atoms with Gasteiger partial charge in [0, 0.05) is 50.3 Å². The van der Waals surface area contributed by atoms with Gasteiger partial charge in [0.15, 0.2) is 0 Å². The van der Waals surface area contributed by atoms with Crippen LogP contribution in [0.2, 0.25) is 0 Å². The van der Waals surface area contributed by atoms with Crippen molar-refractivity contribution in [1.29, 1.82) is 0 Å². The second-order valence-electron chi connectivity index (χ2n) is 15.6. The summed E-state index contributed by atoms with van der Waals surface area (Å²) in [5, 5.41) is 12.0. The van der Waals surface area contributed by atoms with E-state index in [0.717, 1.165) is 72.3 Å². The zero-order valence-electron chi connectivity index (χ0n) is 31.8. The van der Waals surface area contributed by atoms with E-state index in [4.69, 9.17) is 9.41 Å². The molecule has 57 heavy (non-hydrogen) atoms. The van der Waals surface area contributed by atoms with E-state index in [9.17, 15) is 0 Å². The van der Waals surface area contributed by atoms with Crippen LogP contribution in [0.1, 0.15) is 54.0 Å². The summed E-state index contributed by atoms with van der Waals surface area (Å²) in [4.78, 5) is 7.51. The Hall–Kier alpha value is -6.95. The third kappa shape index (κ3) is 5.46. The Labute approximate surface area is 331 Å². The van der Waals surface area contributed by atoms with E-state index >= 15 is 0 Å². The molecule has 1 aromatic heterocycles. The van der Waals surface area contributed by atoms with Gasteiger partial charge >= 0.3 is 0 Å². The third-order valence-electron chi connectivity index (χ3n) is 11.9. The maximum Gasteiger partial charge on any atom is 0.143 e. The number of aliphatic imine (C=N–C) groups is 1. The Balaban J connectivity index is 1.05. The predicted molar refractivity (Wildman–Crippen MR) is 235 cm³/mol. The van der Waals surface area contributed by atoms with Crippen LogP contribution < -0.4 is 15.5 Å². The van der Waals surface area contributed by atoms with E-state index in [1.165, 1.54) is 22.3 Å². The molecule has 8 aromatic carbocycles. The summed E-state index contributed by atoms with van der Waals surface area (Å²) in [6, 6.07) is 64.8. The second-order valence-corrected chi connectivity index (χ2v) is 15.6. The van der Waals surface area contributed by atoms with Crippen LogP contribution in [0.15, 0.2) is 191 Å². The van der Waals surface area contributed by atoms with Crippen LogP contribution in [-0.4, -0.2) is 5.84 Å². The molecule has 2 unspecified atom stereocenters. The lowest BCUT2D eigenvalue weighted by atomic mass is 9.82. The number of nitrogens with one attached hydrogen (secondary N) is 2. The molecule has 0 saturated carbocycles. The van der Waals surface area contributed by atoms with Crippen LogP contribution >= 0.6 is 0 Å². The van der Waals surface area contributed by atoms with Crippen molar-refractivity contribution >= 4 is 55.6 Å². The first-order valence-corrected chi connectivity index (χ1v) is 19.7. The summed E-state index contributed by atoms with van der Waals surface area (Å²) < 4.78 is 6.91. The van der Waals surface area contributed by atoms with Gasteiger partial charge in [0.1, 0.15) is 29.3 Å². The van der Waals surface area contributed by atoms with Crippen molar-refractivity contribution in [1.82, 2.24) is 10.6 Å². The molecule has 0 saturated heterocycles. The quantitative estimate of drug-likeness (QED) is 0.178. The van der Waals surface area contributed by atoms with Crippen molar-refractivity contribution in [3.8, 4) is 11.1 Å². The Bertz CT molecular complexity index is 3000. The Morgan fingerprint density at radius 2 is 1.19 bits per heavy atom. The SMILES string of the molecule is CC1(C)c2ccccc2-c2ccc(N(c3ccccc3)c3ccc4c(c3)oc3c5ccccc5c(C5NC(c6ccccc6)=NC(c6ccccc6)N5)cc43)cc21. The van der Waals surface area contributed by atoms with Crippen LogP contribution in [-0.2, 0) is 5.41 Å². The average Bonchev–Trinajstić information content (AvgIpc) is 3.75. The van der Waals surface area contributed by atoms with Gasteiger partial charge in [0.25, 0.3) is 0 Å². The van der Waals surface area contributed by atoms with E-state index in [0.29, 0.717) is 0 Å². The van der Waals surface area contributed by atoms with E-state index < -0.39 is 0 Å². The Morgan fingerprint density at radius 3 is 2.00 bits per heavy atom. The summed E-state index contributed by atoms with van der Waals surface area (Å²) in [6.07, 6.45) is -0.445. The van der Waals surface area contributed by atoms with E-state index in [2.05, 4.69) is 199 Å². The highest BCUT2D eigenvalue weighted by molar-refractivity contribution is 6.16. The molecular weight excluding hydrogens is 697 g/mol. The van der Waals surface area contributed by atoms with Gasteiger partial charge in [-0.05, 0) is 81.2 Å². The lowest BCUT2D eigenvalue weighted by Crippen LogP contribution is -2.45. The highest BCUT2D eigenvalue weighted by Gasteiger charge is 2.36. The smallest absolute Gasteiger partial charge is 0.143 e. The normalized spacial score (nSPS) is 16.9. The molecule has 5 nitrogen and oxygen atoms in total. The average molecular weight is 737 g/mol. The van der Waals surface area contributed by atoms with Gasteiger partial charge in [0.2, 0.25) is 0 Å². The summed E-state index contributed by atoms with van der Waals surface area (Å²) >= 11 is 0.